The summed E-state index contributed by atoms with van der Waals surface area (Å²) in [7, 11) is 0. The molecular weight excluding hydrogens is 405 g/mol. The van der Waals surface area contributed by atoms with Gasteiger partial charge in [0, 0.05) is 31.7 Å². The third-order valence-electron chi connectivity index (χ3n) is 5.38. The summed E-state index contributed by atoms with van der Waals surface area (Å²) >= 11 is 0. The smallest absolute Gasteiger partial charge is 0.384 e. The number of anilines is 2. The molecule has 5 nitrogen and oxygen atoms in total. The van der Waals surface area contributed by atoms with Crippen LogP contribution < -0.4 is 10.6 Å². The normalized spacial score (nSPS) is 14.5. The Morgan fingerprint density at radius 3 is 1.94 bits per heavy atom. The number of alkyl halides is 3. The molecule has 1 aliphatic heterocycles. The Balaban J connectivity index is 1.39. The molecule has 0 aliphatic carbocycles. The third kappa shape index (κ3) is 4.63. The average molecular weight is 426 g/mol. The zero-order chi connectivity index (χ0) is 22.0. The Morgan fingerprint density at radius 1 is 0.839 bits per heavy atom. The van der Waals surface area contributed by atoms with Gasteiger partial charge in [-0.1, -0.05) is 24.3 Å². The molecule has 1 aromatic heterocycles. The lowest BCUT2D eigenvalue weighted by molar-refractivity contribution is -0.137. The Morgan fingerprint density at radius 2 is 1.42 bits per heavy atom. The monoisotopic (exact) mass is 426 g/mol. The number of hydrogen-bond donors (Lipinski definition) is 1. The number of hydrogen-bond acceptors (Lipinski definition) is 4. The second-order valence-electron chi connectivity index (χ2n) is 7.37. The second kappa shape index (κ2) is 8.29. The van der Waals surface area contributed by atoms with Crippen LogP contribution in [-0.2, 0) is 6.18 Å². The number of nitrogens with zero attached hydrogens (tertiary/aromatic N) is 3. The fourth-order valence-corrected chi connectivity index (χ4v) is 3.59. The first kappa shape index (κ1) is 20.7. The summed E-state index contributed by atoms with van der Waals surface area (Å²) in [4.78, 5) is 20.9. The van der Waals surface area contributed by atoms with Gasteiger partial charge in [-0.25, -0.2) is 4.98 Å². The van der Waals surface area contributed by atoms with Gasteiger partial charge in [0.2, 0.25) is 0 Å². The van der Waals surface area contributed by atoms with Crippen LogP contribution in [0.5, 0.6) is 0 Å². The lowest BCUT2D eigenvalue weighted by atomic mass is 10.0. The van der Waals surface area contributed by atoms with Gasteiger partial charge in [-0.15, -0.1) is 0 Å². The van der Waals surface area contributed by atoms with Crippen molar-refractivity contribution >= 4 is 17.4 Å². The molecule has 1 fully saturated rings. The highest BCUT2D eigenvalue weighted by atomic mass is 19.4. The molecule has 160 valence electrons. The van der Waals surface area contributed by atoms with E-state index >= 15 is 0 Å². The number of aromatic nitrogens is 1. The van der Waals surface area contributed by atoms with Crippen LogP contribution in [0, 0.1) is 0 Å². The van der Waals surface area contributed by atoms with Crippen LogP contribution in [0.25, 0.3) is 11.1 Å². The summed E-state index contributed by atoms with van der Waals surface area (Å²) < 4.78 is 38.2. The van der Waals surface area contributed by atoms with E-state index in [4.69, 9.17) is 5.73 Å². The van der Waals surface area contributed by atoms with E-state index in [0.29, 0.717) is 43.1 Å². The van der Waals surface area contributed by atoms with Crippen molar-refractivity contribution in [2.24, 2.45) is 0 Å². The molecule has 0 radical (unpaired) electrons. The number of carbonyl (C=O) groups is 1. The van der Waals surface area contributed by atoms with Gasteiger partial charge in [0.05, 0.1) is 17.4 Å². The standard InChI is InChI=1S/C23H21F3N4O/c24-23(25,26)19-7-5-17(6-8-19)16-1-3-18(4-2-16)22(31)30-13-11-29(12-14-30)20-9-10-21(27)28-15-20/h1-10,15H,11-14H2,(H2,27,28). The van der Waals surface area contributed by atoms with E-state index in [0.717, 1.165) is 23.4 Å². The van der Waals surface area contributed by atoms with Crippen molar-refractivity contribution in [3.05, 3.63) is 78.0 Å². The van der Waals surface area contributed by atoms with Crippen LogP contribution in [0.4, 0.5) is 24.7 Å². The minimum absolute atomic E-state index is 0.0611. The number of pyridine rings is 1. The molecule has 2 N–H and O–H groups in total. The number of carbonyl (C=O) groups excluding carboxylic acids is 1. The van der Waals surface area contributed by atoms with Crippen molar-refractivity contribution < 1.29 is 18.0 Å². The highest BCUT2D eigenvalue weighted by Gasteiger charge is 2.30. The highest BCUT2D eigenvalue weighted by molar-refractivity contribution is 5.95. The van der Waals surface area contributed by atoms with Gasteiger partial charge in [-0.2, -0.15) is 13.2 Å². The van der Waals surface area contributed by atoms with Crippen LogP contribution >= 0.6 is 0 Å². The van der Waals surface area contributed by atoms with Gasteiger partial charge in [0.1, 0.15) is 5.82 Å². The van der Waals surface area contributed by atoms with E-state index in [2.05, 4.69) is 9.88 Å². The van der Waals surface area contributed by atoms with Gasteiger partial charge >= 0.3 is 6.18 Å². The van der Waals surface area contributed by atoms with Crippen molar-refractivity contribution in [1.29, 1.82) is 0 Å². The maximum atomic E-state index is 12.8. The molecular formula is C23H21F3N4O. The predicted molar refractivity (Wildman–Crippen MR) is 114 cm³/mol. The number of benzene rings is 2. The van der Waals surface area contributed by atoms with Crippen LogP contribution in [0.15, 0.2) is 66.9 Å². The van der Waals surface area contributed by atoms with E-state index in [1.165, 1.54) is 12.1 Å². The fourth-order valence-electron chi connectivity index (χ4n) is 3.59. The quantitative estimate of drug-likeness (QED) is 0.678. The highest BCUT2D eigenvalue weighted by Crippen LogP contribution is 2.31. The first-order valence-electron chi connectivity index (χ1n) is 9.85. The molecule has 0 unspecified atom stereocenters. The van der Waals surface area contributed by atoms with Crippen molar-refractivity contribution in [2.75, 3.05) is 36.8 Å². The minimum atomic E-state index is -4.36. The maximum absolute atomic E-state index is 12.8. The molecule has 2 heterocycles. The van der Waals surface area contributed by atoms with E-state index in [1.807, 2.05) is 6.07 Å². The molecule has 2 aromatic carbocycles. The number of piperazine rings is 1. The maximum Gasteiger partial charge on any atom is 0.416 e. The van der Waals surface area contributed by atoms with Crippen molar-refractivity contribution in [3.63, 3.8) is 0 Å². The molecule has 0 atom stereocenters. The second-order valence-corrected chi connectivity index (χ2v) is 7.37. The number of amides is 1. The Hall–Kier alpha value is -3.55. The van der Waals surface area contributed by atoms with E-state index < -0.39 is 11.7 Å². The van der Waals surface area contributed by atoms with Crippen LogP contribution in [0.2, 0.25) is 0 Å². The van der Waals surface area contributed by atoms with Crippen molar-refractivity contribution in [2.45, 2.75) is 6.18 Å². The Bertz CT molecular complexity index is 1040. The SMILES string of the molecule is Nc1ccc(N2CCN(C(=O)c3ccc(-c4ccc(C(F)(F)F)cc4)cc3)CC2)cn1. The molecule has 0 spiro atoms. The van der Waals surface area contributed by atoms with Crippen LogP contribution in [-0.4, -0.2) is 42.0 Å². The summed E-state index contributed by atoms with van der Waals surface area (Å²) in [5.41, 5.74) is 7.89. The zero-order valence-electron chi connectivity index (χ0n) is 16.6. The first-order valence-corrected chi connectivity index (χ1v) is 9.85. The van der Waals surface area contributed by atoms with Crippen molar-refractivity contribution in [1.82, 2.24) is 9.88 Å². The lowest BCUT2D eigenvalue weighted by Crippen LogP contribution is -2.48. The number of nitrogen functional groups attached to an aromatic ring is 1. The van der Waals surface area contributed by atoms with Crippen LogP contribution in [0.3, 0.4) is 0 Å². The largest absolute Gasteiger partial charge is 0.416 e. The van der Waals surface area contributed by atoms with Gasteiger partial charge in [0.25, 0.3) is 5.91 Å². The average Bonchev–Trinajstić information content (AvgIpc) is 2.79. The summed E-state index contributed by atoms with van der Waals surface area (Å²) in [5, 5.41) is 0. The Labute approximate surface area is 177 Å². The molecule has 0 bridgehead atoms. The Kier molecular flexibility index (Phi) is 5.54. The molecule has 1 saturated heterocycles. The molecule has 31 heavy (non-hydrogen) atoms. The molecule has 1 aliphatic rings. The molecule has 3 aromatic rings. The minimum Gasteiger partial charge on any atom is -0.384 e. The predicted octanol–water partition coefficient (Wildman–Crippen LogP) is 4.31. The molecule has 8 heteroatoms. The van der Waals surface area contributed by atoms with Gasteiger partial charge in [-0.05, 0) is 47.5 Å². The van der Waals surface area contributed by atoms with Gasteiger partial charge < -0.3 is 15.5 Å². The van der Waals surface area contributed by atoms with Crippen molar-refractivity contribution in [3.8, 4) is 11.1 Å². The van der Waals surface area contributed by atoms with Crippen LogP contribution in [0.1, 0.15) is 15.9 Å². The molecule has 0 saturated carbocycles. The molecule has 4 rings (SSSR count). The summed E-state index contributed by atoms with van der Waals surface area (Å²) in [5.74, 6) is 0.409. The third-order valence-corrected chi connectivity index (χ3v) is 5.38. The van der Waals surface area contributed by atoms with E-state index in [9.17, 15) is 18.0 Å². The fraction of sp³-hybridized carbons (Fsp3) is 0.217. The lowest BCUT2D eigenvalue weighted by Gasteiger charge is -2.36. The number of nitrogens with two attached hydrogens (primary N) is 1. The van der Waals surface area contributed by atoms with E-state index in [1.54, 1.807) is 41.4 Å². The summed E-state index contributed by atoms with van der Waals surface area (Å²) in [6.45, 7) is 2.57. The van der Waals surface area contributed by atoms with Gasteiger partial charge in [0.15, 0.2) is 0 Å². The van der Waals surface area contributed by atoms with Gasteiger partial charge in [-0.3, -0.25) is 4.79 Å². The summed E-state index contributed by atoms with van der Waals surface area (Å²) in [6.07, 6.45) is -2.63. The zero-order valence-corrected chi connectivity index (χ0v) is 16.6. The molecule has 1 amide bonds. The topological polar surface area (TPSA) is 62.5 Å². The van der Waals surface area contributed by atoms with E-state index in [-0.39, 0.29) is 5.91 Å². The summed E-state index contributed by atoms with van der Waals surface area (Å²) in [6, 6.07) is 15.6. The number of halogens is 3. The number of rotatable bonds is 3. The first-order chi connectivity index (χ1) is 14.8.